The quantitative estimate of drug-likeness (QED) is 0.583. The molecule has 0 saturated carbocycles. The second-order valence-electron chi connectivity index (χ2n) is 8.84. The summed E-state index contributed by atoms with van der Waals surface area (Å²) in [7, 11) is 0. The summed E-state index contributed by atoms with van der Waals surface area (Å²) in [5.41, 5.74) is 3.24. The molecule has 2 aliphatic heterocycles. The van der Waals surface area contributed by atoms with Crippen LogP contribution < -0.4 is 9.80 Å². The summed E-state index contributed by atoms with van der Waals surface area (Å²) in [5.74, 6) is 0.0855. The molecule has 1 fully saturated rings. The van der Waals surface area contributed by atoms with Gasteiger partial charge in [-0.3, -0.25) is 19.5 Å². The Morgan fingerprint density at radius 1 is 1.09 bits per heavy atom. The fourth-order valence-corrected chi connectivity index (χ4v) is 4.85. The fourth-order valence-electron chi connectivity index (χ4n) is 4.67. The molecule has 9 heteroatoms. The first kappa shape index (κ1) is 21.5. The lowest BCUT2D eigenvalue weighted by Crippen LogP contribution is -2.49. The number of oxazole rings is 1. The first-order valence-corrected chi connectivity index (χ1v) is 11.2. The summed E-state index contributed by atoms with van der Waals surface area (Å²) in [6.45, 7) is 8.19. The number of carbonyl (C=O) groups excluding carboxylic acids is 2. The lowest BCUT2D eigenvalue weighted by atomic mass is 9.93. The van der Waals surface area contributed by atoms with Crippen LogP contribution >= 0.6 is 11.6 Å². The van der Waals surface area contributed by atoms with Gasteiger partial charge in [0.25, 0.3) is 11.8 Å². The standard InChI is InChI=1S/C24H24ClN5O3/c1-15-21(33-14-27-15)23(32)29-8-6-28(7-9-29)17-11-18(13-26-12-17)30-22(31)19-5-4-16(25)10-20(19)24(30,2)3/h4-5,10-14H,6-9H2,1-3H3. The van der Waals surface area contributed by atoms with E-state index in [9.17, 15) is 9.59 Å². The third-order valence-corrected chi connectivity index (χ3v) is 6.71. The Labute approximate surface area is 196 Å². The molecule has 2 amide bonds. The number of pyridine rings is 1. The van der Waals surface area contributed by atoms with Crippen LogP contribution in [-0.4, -0.2) is 52.9 Å². The van der Waals surface area contributed by atoms with Gasteiger partial charge in [-0.15, -0.1) is 0 Å². The largest absolute Gasteiger partial charge is 0.438 e. The van der Waals surface area contributed by atoms with Crippen LogP contribution in [0.15, 0.2) is 47.5 Å². The second-order valence-corrected chi connectivity index (χ2v) is 9.27. The molecule has 8 nitrogen and oxygen atoms in total. The first-order valence-electron chi connectivity index (χ1n) is 10.8. The minimum absolute atomic E-state index is 0.0662. The van der Waals surface area contributed by atoms with Crippen molar-refractivity contribution in [3.8, 4) is 0 Å². The molecule has 0 bridgehead atoms. The average molecular weight is 466 g/mol. The number of anilines is 2. The van der Waals surface area contributed by atoms with Crippen molar-refractivity contribution in [3.63, 3.8) is 0 Å². The normalized spacial score (nSPS) is 17.5. The smallest absolute Gasteiger partial charge is 0.291 e. The summed E-state index contributed by atoms with van der Waals surface area (Å²) in [5, 5.41) is 0.608. The molecule has 2 aliphatic rings. The van der Waals surface area contributed by atoms with Gasteiger partial charge in [-0.1, -0.05) is 11.6 Å². The topological polar surface area (TPSA) is 82.8 Å². The number of aryl methyl sites for hydroxylation is 1. The third-order valence-electron chi connectivity index (χ3n) is 6.47. The molecule has 5 rings (SSSR count). The van der Waals surface area contributed by atoms with Gasteiger partial charge in [0.05, 0.1) is 35.0 Å². The third kappa shape index (κ3) is 3.54. The molecule has 0 radical (unpaired) electrons. The number of piperazine rings is 1. The number of nitrogens with zero attached hydrogens (tertiary/aromatic N) is 5. The van der Waals surface area contributed by atoms with Gasteiger partial charge < -0.3 is 14.2 Å². The molecule has 0 aliphatic carbocycles. The van der Waals surface area contributed by atoms with E-state index in [2.05, 4.69) is 14.9 Å². The van der Waals surface area contributed by atoms with E-state index in [-0.39, 0.29) is 11.8 Å². The highest BCUT2D eigenvalue weighted by atomic mass is 35.5. The SMILES string of the molecule is Cc1ncoc1C(=O)N1CCN(c2cncc(N3C(=O)c4ccc(Cl)cc4C3(C)C)c2)CC1. The number of rotatable bonds is 3. The summed E-state index contributed by atoms with van der Waals surface area (Å²) in [6.07, 6.45) is 4.80. The maximum atomic E-state index is 13.3. The van der Waals surface area contributed by atoms with Crippen molar-refractivity contribution in [2.24, 2.45) is 0 Å². The van der Waals surface area contributed by atoms with Crippen molar-refractivity contribution < 1.29 is 14.0 Å². The lowest BCUT2D eigenvalue weighted by Gasteiger charge is -2.37. The van der Waals surface area contributed by atoms with Gasteiger partial charge in [0.1, 0.15) is 0 Å². The van der Waals surface area contributed by atoms with E-state index in [1.54, 1.807) is 41.2 Å². The zero-order chi connectivity index (χ0) is 23.3. The van der Waals surface area contributed by atoms with Crippen LogP contribution in [0.1, 0.15) is 46.0 Å². The second kappa shape index (κ2) is 7.88. The van der Waals surface area contributed by atoms with Crippen molar-refractivity contribution in [1.82, 2.24) is 14.9 Å². The van der Waals surface area contributed by atoms with Gasteiger partial charge in [-0.2, -0.15) is 0 Å². The molecular weight excluding hydrogens is 442 g/mol. The monoisotopic (exact) mass is 465 g/mol. The van der Waals surface area contributed by atoms with Gasteiger partial charge in [0.15, 0.2) is 6.39 Å². The maximum Gasteiger partial charge on any atom is 0.291 e. The summed E-state index contributed by atoms with van der Waals surface area (Å²) in [4.78, 5) is 40.1. The van der Waals surface area contributed by atoms with E-state index in [1.165, 1.54) is 6.39 Å². The molecule has 1 saturated heterocycles. The summed E-state index contributed by atoms with van der Waals surface area (Å²) in [6, 6.07) is 7.37. The molecule has 0 atom stereocenters. The van der Waals surface area contributed by atoms with E-state index in [0.717, 1.165) is 16.9 Å². The van der Waals surface area contributed by atoms with Crippen LogP contribution in [0.2, 0.25) is 5.02 Å². The molecule has 33 heavy (non-hydrogen) atoms. The Morgan fingerprint density at radius 2 is 1.82 bits per heavy atom. The predicted octanol–water partition coefficient (Wildman–Crippen LogP) is 3.89. The highest BCUT2D eigenvalue weighted by molar-refractivity contribution is 6.31. The van der Waals surface area contributed by atoms with Crippen LogP contribution in [-0.2, 0) is 5.54 Å². The van der Waals surface area contributed by atoms with Crippen LogP contribution in [0, 0.1) is 6.92 Å². The lowest BCUT2D eigenvalue weighted by molar-refractivity contribution is 0.0713. The fraction of sp³-hybridized carbons (Fsp3) is 0.333. The Bertz CT molecular complexity index is 1250. The number of fused-ring (bicyclic) bond motifs is 1. The Kier molecular flexibility index (Phi) is 5.12. The highest BCUT2D eigenvalue weighted by Gasteiger charge is 2.44. The maximum absolute atomic E-state index is 13.3. The van der Waals surface area contributed by atoms with Gasteiger partial charge in [0, 0.05) is 36.8 Å². The van der Waals surface area contributed by atoms with Gasteiger partial charge in [-0.05, 0) is 50.6 Å². The molecular formula is C24H24ClN5O3. The number of amides is 2. The van der Waals surface area contributed by atoms with Crippen molar-refractivity contribution in [2.45, 2.75) is 26.3 Å². The zero-order valence-electron chi connectivity index (χ0n) is 18.7. The number of carbonyl (C=O) groups is 2. The van der Waals surface area contributed by atoms with Gasteiger partial charge >= 0.3 is 0 Å². The van der Waals surface area contributed by atoms with Gasteiger partial charge in [-0.25, -0.2) is 4.98 Å². The van der Waals surface area contributed by atoms with Crippen molar-refractivity contribution in [1.29, 1.82) is 0 Å². The zero-order valence-corrected chi connectivity index (χ0v) is 19.5. The number of hydrogen-bond donors (Lipinski definition) is 0. The predicted molar refractivity (Wildman–Crippen MR) is 125 cm³/mol. The van der Waals surface area contributed by atoms with E-state index < -0.39 is 5.54 Å². The van der Waals surface area contributed by atoms with E-state index in [4.69, 9.17) is 16.0 Å². The molecule has 1 aromatic carbocycles. The molecule has 0 unspecified atom stereocenters. The van der Waals surface area contributed by atoms with Crippen LogP contribution in [0.25, 0.3) is 0 Å². The minimum Gasteiger partial charge on any atom is -0.438 e. The minimum atomic E-state index is -0.558. The van der Waals surface area contributed by atoms with E-state index in [0.29, 0.717) is 48.2 Å². The number of hydrogen-bond acceptors (Lipinski definition) is 6. The summed E-state index contributed by atoms with van der Waals surface area (Å²) >= 11 is 6.21. The Hall–Kier alpha value is -3.39. The van der Waals surface area contributed by atoms with Crippen molar-refractivity contribution in [2.75, 3.05) is 36.0 Å². The first-order chi connectivity index (χ1) is 15.8. The van der Waals surface area contributed by atoms with Gasteiger partial charge in [0.2, 0.25) is 5.76 Å². The molecule has 170 valence electrons. The van der Waals surface area contributed by atoms with Crippen LogP contribution in [0.5, 0.6) is 0 Å². The Morgan fingerprint density at radius 3 is 2.52 bits per heavy atom. The molecule has 3 aromatic rings. The average Bonchev–Trinajstić information content (AvgIpc) is 3.32. The van der Waals surface area contributed by atoms with Crippen LogP contribution in [0.3, 0.4) is 0 Å². The molecule has 0 spiro atoms. The van der Waals surface area contributed by atoms with Crippen LogP contribution in [0.4, 0.5) is 11.4 Å². The van der Waals surface area contributed by atoms with E-state index >= 15 is 0 Å². The Balaban J connectivity index is 1.35. The molecule has 2 aromatic heterocycles. The molecule has 0 N–H and O–H groups in total. The number of benzene rings is 1. The van der Waals surface area contributed by atoms with Crippen molar-refractivity contribution >= 4 is 34.8 Å². The molecule has 4 heterocycles. The number of halogens is 1. The number of aromatic nitrogens is 2. The van der Waals surface area contributed by atoms with E-state index in [1.807, 2.05) is 26.0 Å². The highest BCUT2D eigenvalue weighted by Crippen LogP contribution is 2.43. The summed E-state index contributed by atoms with van der Waals surface area (Å²) < 4.78 is 5.26. The van der Waals surface area contributed by atoms with Crippen molar-refractivity contribution in [3.05, 3.63) is 70.7 Å².